The van der Waals surface area contributed by atoms with Gasteiger partial charge in [0.05, 0.1) is 4.92 Å². The minimum absolute atomic E-state index is 0. The summed E-state index contributed by atoms with van der Waals surface area (Å²) in [5.74, 6) is -0.936. The van der Waals surface area contributed by atoms with Crippen LogP contribution >= 0.6 is 0 Å². The van der Waals surface area contributed by atoms with Crippen molar-refractivity contribution in [3.05, 3.63) is 25.7 Å². The number of nitro groups is 2. The molecule has 0 atom stereocenters. The van der Waals surface area contributed by atoms with Crippen molar-refractivity contribution < 1.29 is 36.8 Å². The molecule has 17 heteroatoms. The predicted molar refractivity (Wildman–Crippen MR) is 61.6 cm³/mol. The Balaban J connectivity index is -0.000000810. The Labute approximate surface area is 112 Å². The van der Waals surface area contributed by atoms with Crippen molar-refractivity contribution in [3.8, 4) is 11.6 Å². The van der Waals surface area contributed by atoms with Crippen LogP contribution in [0.15, 0.2) is 0 Å². The molecule has 0 bridgehead atoms. The normalized spacial score (nSPS) is 8.19. The van der Waals surface area contributed by atoms with Gasteiger partial charge in [0.25, 0.3) is 0 Å². The first-order chi connectivity index (χ1) is 8.06. The number of hydrogen-bond donors (Lipinski definition) is 2. The van der Waals surface area contributed by atoms with Crippen LogP contribution in [-0.4, -0.2) is 57.2 Å². The van der Waals surface area contributed by atoms with Gasteiger partial charge in [0.15, 0.2) is 5.82 Å². The second kappa shape index (κ2) is 8.76. The van der Waals surface area contributed by atoms with E-state index in [2.05, 4.69) is 35.8 Å². The van der Waals surface area contributed by atoms with E-state index in [0.29, 0.717) is 0 Å². The highest BCUT2D eigenvalue weighted by molar-refractivity contribution is 5.42. The molecule has 21 heavy (non-hydrogen) atoms. The van der Waals surface area contributed by atoms with Crippen molar-refractivity contribution in [1.82, 2.24) is 25.4 Å². The second-order valence-electron chi connectivity index (χ2n) is 2.62. The zero-order chi connectivity index (χ0) is 12.4. The van der Waals surface area contributed by atoms with E-state index >= 15 is 0 Å². The Morgan fingerprint density at radius 1 is 1.05 bits per heavy atom. The fourth-order valence-corrected chi connectivity index (χ4v) is 0.951. The van der Waals surface area contributed by atoms with E-state index in [1.54, 1.807) is 0 Å². The number of nitrogens with zero attached hydrogens (tertiary/aromatic N) is 6. The summed E-state index contributed by atoms with van der Waals surface area (Å²) < 4.78 is 0. The van der Waals surface area contributed by atoms with E-state index in [4.69, 9.17) is 0 Å². The van der Waals surface area contributed by atoms with E-state index in [9.17, 15) is 20.2 Å². The molecule has 2 heterocycles. The molecule has 2 aromatic rings. The monoisotopic (exact) mass is 313 g/mol. The largest absolute Gasteiger partial charge is 0.599 e. The zero-order valence-electron chi connectivity index (χ0n) is 9.82. The van der Waals surface area contributed by atoms with Gasteiger partial charge in [0, 0.05) is 5.10 Å². The summed E-state index contributed by atoms with van der Waals surface area (Å²) in [6.45, 7) is 0. The van der Waals surface area contributed by atoms with E-state index < -0.39 is 15.9 Å². The van der Waals surface area contributed by atoms with Crippen LogP contribution in [0.1, 0.15) is 0 Å². The summed E-state index contributed by atoms with van der Waals surface area (Å²) in [6.07, 6.45) is 0. The third-order valence-corrected chi connectivity index (χ3v) is 1.55. The maximum atomic E-state index is 10.3. The summed E-state index contributed by atoms with van der Waals surface area (Å²) in [4.78, 5) is 25.5. The minimum atomic E-state index is -0.957. The van der Waals surface area contributed by atoms with E-state index in [0.717, 1.165) is 0 Å². The van der Waals surface area contributed by atoms with Gasteiger partial charge in [0.1, 0.15) is 11.0 Å². The molecule has 0 radical (unpaired) electrons. The fraction of sp³-hybridized carbons (Fsp3) is 0. The number of H-pyrrole nitrogens is 3. The van der Waals surface area contributed by atoms with Crippen LogP contribution in [0.4, 0.5) is 11.9 Å². The Hall–Kier alpha value is -3.28. The first kappa shape index (κ1) is 22.9. The fourth-order valence-electron chi connectivity index (χ4n) is 0.951. The summed E-state index contributed by atoms with van der Waals surface area (Å²) in [6, 6.07) is 0. The van der Waals surface area contributed by atoms with Crippen molar-refractivity contribution in [3.63, 3.8) is 0 Å². The second-order valence-corrected chi connectivity index (χ2v) is 2.62. The molecule has 0 saturated carbocycles. The highest BCUT2D eigenvalue weighted by Gasteiger charge is 2.22. The molecule has 0 unspecified atom stereocenters. The SMILES string of the molecule is O.O.O.O.O=[N+]([O-])[N-]c1nc(-c2n[nH]c([N+](=O)[O-])[nH+]2)n[nH]1. The van der Waals surface area contributed by atoms with Crippen molar-refractivity contribution >= 4 is 11.9 Å². The lowest BCUT2D eigenvalue weighted by atomic mass is 10.6. The van der Waals surface area contributed by atoms with Crippen LogP contribution in [0, 0.1) is 20.2 Å². The lowest BCUT2D eigenvalue weighted by Gasteiger charge is -1.92. The quantitative estimate of drug-likeness (QED) is 0.413. The first-order valence-electron chi connectivity index (χ1n) is 3.97. The maximum absolute atomic E-state index is 10.3. The summed E-state index contributed by atoms with van der Waals surface area (Å²) in [7, 11) is 0. The van der Waals surface area contributed by atoms with Crippen LogP contribution in [0.2, 0.25) is 0 Å². The third-order valence-electron chi connectivity index (χ3n) is 1.55. The summed E-state index contributed by atoms with van der Waals surface area (Å²) in [5, 5.41) is 30.7. The summed E-state index contributed by atoms with van der Waals surface area (Å²) in [5.41, 5.74) is 2.85. The van der Waals surface area contributed by atoms with Crippen LogP contribution in [0.25, 0.3) is 17.1 Å². The van der Waals surface area contributed by atoms with Gasteiger partial charge >= 0.3 is 11.8 Å². The molecule has 0 fully saturated rings. The minimum Gasteiger partial charge on any atom is -0.412 e. The molecule has 0 amide bonds. The molecule has 2 aromatic heterocycles. The molecule has 0 aromatic carbocycles. The zero-order valence-corrected chi connectivity index (χ0v) is 9.82. The molecule has 0 aliphatic carbocycles. The molecular formula is C4H11N9O8. The number of hydrogen-bond acceptors (Lipinski definition) is 7. The van der Waals surface area contributed by atoms with Crippen molar-refractivity contribution in [2.24, 2.45) is 0 Å². The Bertz CT molecular complexity index is 578. The van der Waals surface area contributed by atoms with Gasteiger partial charge in [-0.05, 0) is 0 Å². The standard InChI is InChI=1S/C4H2N9O4.4H2O/c14-12(15)4-6-2(8-10-4)1-5-3(9-7-1)11-13(16)17;;;;/h(H2-,5,6,7,8,9,10,11);4*1H2/q-1;;;;/p+1. The van der Waals surface area contributed by atoms with Crippen molar-refractivity contribution in [1.29, 1.82) is 0 Å². The van der Waals surface area contributed by atoms with Gasteiger partial charge in [-0.1, -0.05) is 10.5 Å². The van der Waals surface area contributed by atoms with Crippen molar-refractivity contribution in [2.45, 2.75) is 0 Å². The molecule has 0 aliphatic rings. The highest BCUT2D eigenvalue weighted by Crippen LogP contribution is 2.14. The molecule has 2 rings (SSSR count). The number of aromatic amines is 3. The smallest absolute Gasteiger partial charge is 0.412 e. The van der Waals surface area contributed by atoms with Gasteiger partial charge in [-0.25, -0.2) is 15.2 Å². The molecule has 0 aliphatic heterocycles. The van der Waals surface area contributed by atoms with Gasteiger partial charge in [0.2, 0.25) is 0 Å². The molecule has 11 N–H and O–H groups in total. The molecule has 0 saturated heterocycles. The Kier molecular flexibility index (Phi) is 9.54. The Morgan fingerprint density at radius 3 is 2.14 bits per heavy atom. The molecular weight excluding hydrogens is 302 g/mol. The van der Waals surface area contributed by atoms with Crippen LogP contribution in [0.3, 0.4) is 0 Å². The van der Waals surface area contributed by atoms with E-state index in [-0.39, 0.29) is 39.5 Å². The summed E-state index contributed by atoms with van der Waals surface area (Å²) >= 11 is 0. The third kappa shape index (κ3) is 5.07. The maximum Gasteiger partial charge on any atom is 0.599 e. The first-order valence-corrected chi connectivity index (χ1v) is 3.97. The van der Waals surface area contributed by atoms with Crippen molar-refractivity contribution in [2.75, 3.05) is 0 Å². The lowest BCUT2D eigenvalue weighted by Crippen LogP contribution is -2.09. The topological polar surface area (TPSA) is 311 Å². The Morgan fingerprint density at radius 2 is 1.67 bits per heavy atom. The molecule has 0 spiro atoms. The van der Waals surface area contributed by atoms with Gasteiger partial charge < -0.3 is 42.1 Å². The molecule has 17 nitrogen and oxygen atoms in total. The van der Waals surface area contributed by atoms with Crippen LogP contribution in [0.5, 0.6) is 0 Å². The van der Waals surface area contributed by atoms with Gasteiger partial charge in [-0.3, -0.25) is 0 Å². The predicted octanol–water partition coefficient (Wildman–Crippen LogP) is -4.18. The van der Waals surface area contributed by atoms with Gasteiger partial charge in [-0.2, -0.15) is 0 Å². The number of rotatable bonds is 4. The number of aromatic nitrogens is 6. The molecule has 120 valence electrons. The average molecular weight is 313 g/mol. The average Bonchev–Trinajstić information content (AvgIpc) is 2.83. The van der Waals surface area contributed by atoms with Gasteiger partial charge in [-0.15, -0.1) is 4.98 Å². The lowest BCUT2D eigenvalue weighted by molar-refractivity contribution is -0.523. The van der Waals surface area contributed by atoms with E-state index in [1.165, 1.54) is 0 Å². The van der Waals surface area contributed by atoms with Crippen LogP contribution in [-0.2, 0) is 0 Å². The number of nitrogens with one attached hydrogen (secondary N) is 3. The van der Waals surface area contributed by atoms with Crippen LogP contribution < -0.4 is 4.98 Å². The van der Waals surface area contributed by atoms with E-state index in [1.807, 2.05) is 0 Å². The highest BCUT2D eigenvalue weighted by atomic mass is 16.7.